The van der Waals surface area contributed by atoms with E-state index >= 15 is 0 Å². The van der Waals surface area contributed by atoms with E-state index in [0.29, 0.717) is 17.7 Å². The third-order valence-electron chi connectivity index (χ3n) is 1.94. The van der Waals surface area contributed by atoms with Gasteiger partial charge in [-0.05, 0) is 44.8 Å². The van der Waals surface area contributed by atoms with Crippen LogP contribution >= 0.6 is 0 Å². The van der Waals surface area contributed by atoms with Gasteiger partial charge >= 0.3 is 0 Å². The number of aryl methyl sites for hydroxylation is 1. The quantitative estimate of drug-likeness (QED) is 0.686. The lowest BCUT2D eigenvalue weighted by molar-refractivity contribution is 0.0957. The SMILES string of the molecule is Cc1cc(C(=O)CN(C)C)ccc1F. The molecular formula is C11H14FNO. The van der Waals surface area contributed by atoms with Crippen LogP contribution in [0.2, 0.25) is 0 Å². The standard InChI is InChI=1S/C11H14FNO/c1-8-6-9(4-5-10(8)12)11(14)7-13(2)3/h4-6H,7H2,1-3H3. The van der Waals surface area contributed by atoms with E-state index < -0.39 is 0 Å². The van der Waals surface area contributed by atoms with E-state index in [1.165, 1.54) is 12.1 Å². The molecule has 0 bridgehead atoms. The lowest BCUT2D eigenvalue weighted by atomic mass is 10.1. The van der Waals surface area contributed by atoms with Crippen LogP contribution in [0.3, 0.4) is 0 Å². The summed E-state index contributed by atoms with van der Waals surface area (Å²) in [6.45, 7) is 2.01. The molecule has 0 amide bonds. The topological polar surface area (TPSA) is 20.3 Å². The maximum atomic E-state index is 12.9. The van der Waals surface area contributed by atoms with Crippen molar-refractivity contribution < 1.29 is 9.18 Å². The van der Waals surface area contributed by atoms with Gasteiger partial charge < -0.3 is 4.90 Å². The molecule has 0 aromatic heterocycles. The highest BCUT2D eigenvalue weighted by molar-refractivity contribution is 5.97. The first-order valence-electron chi connectivity index (χ1n) is 4.45. The molecule has 1 rings (SSSR count). The molecule has 0 fully saturated rings. The number of carbonyl (C=O) groups is 1. The smallest absolute Gasteiger partial charge is 0.176 e. The molecule has 0 saturated carbocycles. The summed E-state index contributed by atoms with van der Waals surface area (Å²) < 4.78 is 12.9. The lowest BCUT2D eigenvalue weighted by Gasteiger charge is -2.08. The summed E-state index contributed by atoms with van der Waals surface area (Å²) in [7, 11) is 3.66. The van der Waals surface area contributed by atoms with Crippen molar-refractivity contribution in [3.05, 3.63) is 35.1 Å². The first kappa shape index (κ1) is 10.9. The minimum Gasteiger partial charge on any atom is -0.302 e. The van der Waals surface area contributed by atoms with Crippen molar-refractivity contribution >= 4 is 5.78 Å². The van der Waals surface area contributed by atoms with Gasteiger partial charge in [-0.15, -0.1) is 0 Å². The second kappa shape index (κ2) is 4.33. The van der Waals surface area contributed by atoms with E-state index in [0.717, 1.165) is 0 Å². The maximum Gasteiger partial charge on any atom is 0.176 e. The molecule has 3 heteroatoms. The number of ketones is 1. The van der Waals surface area contributed by atoms with Gasteiger partial charge in [0.25, 0.3) is 0 Å². The molecule has 0 aliphatic carbocycles. The zero-order valence-corrected chi connectivity index (χ0v) is 8.67. The van der Waals surface area contributed by atoms with Crippen molar-refractivity contribution in [3.63, 3.8) is 0 Å². The molecular weight excluding hydrogens is 181 g/mol. The number of hydrogen-bond acceptors (Lipinski definition) is 2. The molecule has 0 saturated heterocycles. The Morgan fingerprint density at radius 1 is 1.43 bits per heavy atom. The van der Waals surface area contributed by atoms with Crippen molar-refractivity contribution in [2.24, 2.45) is 0 Å². The Kier molecular flexibility index (Phi) is 3.36. The minimum atomic E-state index is -0.272. The summed E-state index contributed by atoms with van der Waals surface area (Å²) in [5, 5.41) is 0. The third kappa shape index (κ3) is 2.64. The van der Waals surface area contributed by atoms with Crippen LogP contribution in [-0.2, 0) is 0 Å². The van der Waals surface area contributed by atoms with Gasteiger partial charge in [-0.3, -0.25) is 4.79 Å². The van der Waals surface area contributed by atoms with E-state index in [1.54, 1.807) is 17.9 Å². The largest absolute Gasteiger partial charge is 0.302 e. The molecule has 1 aromatic carbocycles. The second-order valence-electron chi connectivity index (χ2n) is 3.62. The van der Waals surface area contributed by atoms with Gasteiger partial charge in [0, 0.05) is 5.56 Å². The molecule has 0 unspecified atom stereocenters. The van der Waals surface area contributed by atoms with Gasteiger partial charge in [0.1, 0.15) is 5.82 Å². The molecule has 0 heterocycles. The molecule has 0 N–H and O–H groups in total. The number of nitrogens with zero attached hydrogens (tertiary/aromatic N) is 1. The number of benzene rings is 1. The van der Waals surface area contributed by atoms with Crippen LogP contribution in [0.5, 0.6) is 0 Å². The zero-order chi connectivity index (χ0) is 10.7. The van der Waals surface area contributed by atoms with Crippen molar-refractivity contribution in [1.82, 2.24) is 4.90 Å². The Bertz CT molecular complexity index is 347. The molecule has 0 aliphatic rings. The van der Waals surface area contributed by atoms with Crippen molar-refractivity contribution in [3.8, 4) is 0 Å². The molecule has 0 atom stereocenters. The summed E-state index contributed by atoms with van der Waals surface area (Å²) >= 11 is 0. The zero-order valence-electron chi connectivity index (χ0n) is 8.67. The molecule has 0 aliphatic heterocycles. The van der Waals surface area contributed by atoms with Crippen LogP contribution in [0.15, 0.2) is 18.2 Å². The molecule has 1 aromatic rings. The highest BCUT2D eigenvalue weighted by Gasteiger charge is 2.08. The highest BCUT2D eigenvalue weighted by Crippen LogP contribution is 2.09. The molecule has 0 spiro atoms. The van der Waals surface area contributed by atoms with Gasteiger partial charge in [-0.2, -0.15) is 0 Å². The third-order valence-corrected chi connectivity index (χ3v) is 1.94. The van der Waals surface area contributed by atoms with Gasteiger partial charge in [0.15, 0.2) is 5.78 Å². The Morgan fingerprint density at radius 2 is 2.07 bits per heavy atom. The van der Waals surface area contributed by atoms with E-state index in [4.69, 9.17) is 0 Å². The average Bonchev–Trinajstić information content (AvgIpc) is 2.08. The van der Waals surface area contributed by atoms with Gasteiger partial charge in [-0.25, -0.2) is 4.39 Å². The first-order valence-corrected chi connectivity index (χ1v) is 4.45. The fraction of sp³-hybridized carbons (Fsp3) is 0.364. The molecule has 76 valence electrons. The van der Waals surface area contributed by atoms with Crippen LogP contribution in [0, 0.1) is 12.7 Å². The summed E-state index contributed by atoms with van der Waals surface area (Å²) in [6, 6.07) is 4.44. The van der Waals surface area contributed by atoms with Crippen LogP contribution < -0.4 is 0 Å². The van der Waals surface area contributed by atoms with Crippen molar-refractivity contribution in [2.75, 3.05) is 20.6 Å². The fourth-order valence-electron chi connectivity index (χ4n) is 1.20. The maximum absolute atomic E-state index is 12.9. The van der Waals surface area contributed by atoms with Crippen LogP contribution in [0.25, 0.3) is 0 Å². The number of likely N-dealkylation sites (N-methyl/N-ethyl adjacent to an activating group) is 1. The number of rotatable bonds is 3. The number of halogens is 1. The Morgan fingerprint density at radius 3 is 2.57 bits per heavy atom. The van der Waals surface area contributed by atoms with E-state index in [9.17, 15) is 9.18 Å². The Balaban J connectivity index is 2.86. The molecule has 14 heavy (non-hydrogen) atoms. The molecule has 0 radical (unpaired) electrons. The second-order valence-corrected chi connectivity index (χ2v) is 3.62. The predicted octanol–water partition coefficient (Wildman–Crippen LogP) is 1.88. The van der Waals surface area contributed by atoms with E-state index in [-0.39, 0.29) is 11.6 Å². The highest BCUT2D eigenvalue weighted by atomic mass is 19.1. The van der Waals surface area contributed by atoms with Crippen molar-refractivity contribution in [1.29, 1.82) is 0 Å². The number of carbonyl (C=O) groups excluding carboxylic acids is 1. The number of Topliss-reactive ketones (excluding diaryl/α,β-unsaturated/α-hetero) is 1. The average molecular weight is 195 g/mol. The summed E-state index contributed by atoms with van der Waals surface area (Å²) in [6.07, 6.45) is 0. The lowest BCUT2D eigenvalue weighted by Crippen LogP contribution is -2.21. The Labute approximate surface area is 83.3 Å². The summed E-state index contributed by atoms with van der Waals surface area (Å²) in [5.74, 6) is -0.260. The first-order chi connectivity index (χ1) is 6.50. The van der Waals surface area contributed by atoms with E-state index in [1.807, 2.05) is 14.1 Å². The normalized spacial score (nSPS) is 10.6. The summed E-state index contributed by atoms with van der Waals surface area (Å²) in [5.41, 5.74) is 1.08. The van der Waals surface area contributed by atoms with Crippen LogP contribution in [0.4, 0.5) is 4.39 Å². The predicted molar refractivity (Wildman–Crippen MR) is 54.0 cm³/mol. The Hall–Kier alpha value is -1.22. The number of hydrogen-bond donors (Lipinski definition) is 0. The van der Waals surface area contributed by atoms with E-state index in [2.05, 4.69) is 0 Å². The van der Waals surface area contributed by atoms with Gasteiger partial charge in [-0.1, -0.05) is 0 Å². The van der Waals surface area contributed by atoms with Gasteiger partial charge in [0.2, 0.25) is 0 Å². The fourth-order valence-corrected chi connectivity index (χ4v) is 1.20. The monoisotopic (exact) mass is 195 g/mol. The van der Waals surface area contributed by atoms with Gasteiger partial charge in [0.05, 0.1) is 6.54 Å². The minimum absolute atomic E-state index is 0.0121. The van der Waals surface area contributed by atoms with Crippen LogP contribution in [0.1, 0.15) is 15.9 Å². The van der Waals surface area contributed by atoms with Crippen molar-refractivity contribution in [2.45, 2.75) is 6.92 Å². The molecule has 2 nitrogen and oxygen atoms in total. The summed E-state index contributed by atoms with van der Waals surface area (Å²) in [4.78, 5) is 13.3. The van der Waals surface area contributed by atoms with Crippen LogP contribution in [-0.4, -0.2) is 31.3 Å².